The molecule has 2 rings (SSSR count). The lowest BCUT2D eigenvalue weighted by Gasteiger charge is -2.39. The fraction of sp³-hybridized carbons (Fsp3) is 0.500. The van der Waals surface area contributed by atoms with Gasteiger partial charge in [-0.15, -0.1) is 0 Å². The summed E-state index contributed by atoms with van der Waals surface area (Å²) in [5, 5.41) is 40.5. The van der Waals surface area contributed by atoms with Crippen molar-refractivity contribution < 1.29 is 34.7 Å². The van der Waals surface area contributed by atoms with E-state index in [1.807, 2.05) is 6.07 Å². The minimum absolute atomic E-state index is 0.0221. The number of carbonyl (C=O) groups is 1. The molecule has 0 radical (unpaired) electrons. The van der Waals surface area contributed by atoms with Crippen LogP contribution in [0.2, 0.25) is 0 Å². The number of amides is 1. The maximum absolute atomic E-state index is 11.7. The molecule has 0 bridgehead atoms. The Hall–Kier alpha value is -1.71. The molecular weight excluding hydrogens is 294 g/mol. The molecule has 122 valence electrons. The standard InChI is InChI=1S/C14H19NO7/c16-6-9-11(17)12(18)10(13(19)22-9)15-14(20)21-7-8-4-2-1-3-5-8/h1-5,9-13,16-19H,6-7H2,(H,15,20). The smallest absolute Gasteiger partial charge is 0.407 e. The summed E-state index contributed by atoms with van der Waals surface area (Å²) in [7, 11) is 0. The number of ether oxygens (including phenoxy) is 2. The van der Waals surface area contributed by atoms with Crippen LogP contribution in [0.3, 0.4) is 0 Å². The number of hydrogen-bond donors (Lipinski definition) is 5. The lowest BCUT2D eigenvalue weighted by atomic mass is 9.97. The fourth-order valence-corrected chi connectivity index (χ4v) is 2.15. The van der Waals surface area contributed by atoms with Crippen molar-refractivity contribution in [2.24, 2.45) is 0 Å². The monoisotopic (exact) mass is 313 g/mol. The zero-order chi connectivity index (χ0) is 16.1. The summed E-state index contributed by atoms with van der Waals surface area (Å²) in [6.45, 7) is -0.547. The maximum atomic E-state index is 11.7. The molecule has 1 aliphatic rings. The number of benzene rings is 1. The first-order chi connectivity index (χ1) is 10.5. The molecule has 1 fully saturated rings. The molecule has 1 aromatic rings. The van der Waals surface area contributed by atoms with Crippen molar-refractivity contribution in [1.82, 2.24) is 5.32 Å². The predicted molar refractivity (Wildman–Crippen MR) is 73.5 cm³/mol. The maximum Gasteiger partial charge on any atom is 0.407 e. The Bertz CT molecular complexity index is 483. The quantitative estimate of drug-likeness (QED) is 0.468. The molecule has 1 aromatic carbocycles. The van der Waals surface area contributed by atoms with E-state index in [-0.39, 0.29) is 6.61 Å². The Morgan fingerprint density at radius 2 is 1.86 bits per heavy atom. The first-order valence-corrected chi connectivity index (χ1v) is 6.80. The van der Waals surface area contributed by atoms with Gasteiger partial charge in [-0.2, -0.15) is 0 Å². The average Bonchev–Trinajstić information content (AvgIpc) is 2.54. The van der Waals surface area contributed by atoms with Crippen LogP contribution in [0.5, 0.6) is 0 Å². The average molecular weight is 313 g/mol. The Morgan fingerprint density at radius 3 is 2.50 bits per heavy atom. The van der Waals surface area contributed by atoms with Crippen molar-refractivity contribution >= 4 is 6.09 Å². The Morgan fingerprint density at radius 1 is 1.18 bits per heavy atom. The van der Waals surface area contributed by atoms with E-state index in [0.29, 0.717) is 0 Å². The topological polar surface area (TPSA) is 128 Å². The zero-order valence-corrected chi connectivity index (χ0v) is 11.7. The van der Waals surface area contributed by atoms with E-state index in [9.17, 15) is 20.1 Å². The number of nitrogens with one attached hydrogen (secondary N) is 1. The lowest BCUT2D eigenvalue weighted by molar-refractivity contribution is -0.253. The molecule has 5 atom stereocenters. The highest BCUT2D eigenvalue weighted by atomic mass is 16.6. The Balaban J connectivity index is 1.87. The summed E-state index contributed by atoms with van der Waals surface area (Å²) in [6, 6.07) is 7.71. The van der Waals surface area contributed by atoms with Gasteiger partial charge in [-0.05, 0) is 5.56 Å². The minimum Gasteiger partial charge on any atom is -0.445 e. The van der Waals surface area contributed by atoms with Gasteiger partial charge in [-0.3, -0.25) is 0 Å². The third kappa shape index (κ3) is 3.93. The van der Waals surface area contributed by atoms with E-state index in [2.05, 4.69) is 5.32 Å². The summed E-state index contributed by atoms with van der Waals surface area (Å²) < 4.78 is 9.88. The number of rotatable bonds is 4. The Labute approximate surface area is 126 Å². The van der Waals surface area contributed by atoms with E-state index < -0.39 is 43.3 Å². The van der Waals surface area contributed by atoms with E-state index in [0.717, 1.165) is 5.56 Å². The third-order valence-electron chi connectivity index (χ3n) is 3.40. The molecule has 0 aliphatic carbocycles. The second kappa shape index (κ2) is 7.52. The summed E-state index contributed by atoms with van der Waals surface area (Å²) >= 11 is 0. The molecule has 0 aromatic heterocycles. The van der Waals surface area contributed by atoms with Crippen molar-refractivity contribution in [3.8, 4) is 0 Å². The van der Waals surface area contributed by atoms with Crippen LogP contribution < -0.4 is 5.32 Å². The number of alkyl carbamates (subject to hydrolysis) is 1. The molecule has 8 heteroatoms. The van der Waals surface area contributed by atoms with Gasteiger partial charge in [0.05, 0.1) is 6.61 Å². The van der Waals surface area contributed by atoms with Gasteiger partial charge in [-0.25, -0.2) is 4.79 Å². The van der Waals surface area contributed by atoms with Gasteiger partial charge in [0.1, 0.15) is 31.0 Å². The predicted octanol–water partition coefficient (Wildman–Crippen LogP) is -1.29. The minimum atomic E-state index is -1.57. The molecule has 5 unspecified atom stereocenters. The highest BCUT2D eigenvalue weighted by Crippen LogP contribution is 2.19. The normalized spacial score (nSPS) is 31.5. The van der Waals surface area contributed by atoms with Crippen LogP contribution in [-0.2, 0) is 16.1 Å². The number of aliphatic hydroxyl groups excluding tert-OH is 4. The molecule has 8 nitrogen and oxygen atoms in total. The zero-order valence-electron chi connectivity index (χ0n) is 11.7. The van der Waals surface area contributed by atoms with Crippen molar-refractivity contribution in [3.05, 3.63) is 35.9 Å². The van der Waals surface area contributed by atoms with Gasteiger partial charge < -0.3 is 35.2 Å². The molecule has 5 N–H and O–H groups in total. The molecule has 1 aliphatic heterocycles. The number of carbonyl (C=O) groups excluding carboxylic acids is 1. The van der Waals surface area contributed by atoms with Crippen molar-refractivity contribution in [3.63, 3.8) is 0 Å². The van der Waals surface area contributed by atoms with Gasteiger partial charge >= 0.3 is 6.09 Å². The van der Waals surface area contributed by atoms with Crippen LogP contribution in [0.25, 0.3) is 0 Å². The van der Waals surface area contributed by atoms with Crippen molar-refractivity contribution in [2.75, 3.05) is 6.61 Å². The SMILES string of the molecule is O=C(NC1C(O)OC(CO)C(O)C1O)OCc1ccccc1. The van der Waals surface area contributed by atoms with Gasteiger partial charge in [0, 0.05) is 0 Å². The first kappa shape index (κ1) is 16.7. The summed E-state index contributed by atoms with van der Waals surface area (Å²) in [5.41, 5.74) is 0.777. The van der Waals surface area contributed by atoms with Gasteiger partial charge in [0.25, 0.3) is 0 Å². The van der Waals surface area contributed by atoms with Gasteiger partial charge in [0.15, 0.2) is 6.29 Å². The van der Waals surface area contributed by atoms with Gasteiger partial charge in [-0.1, -0.05) is 30.3 Å². The van der Waals surface area contributed by atoms with Crippen LogP contribution in [0.15, 0.2) is 30.3 Å². The van der Waals surface area contributed by atoms with Crippen molar-refractivity contribution in [1.29, 1.82) is 0 Å². The molecule has 1 heterocycles. The van der Waals surface area contributed by atoms with E-state index in [1.165, 1.54) is 0 Å². The molecule has 0 spiro atoms. The van der Waals surface area contributed by atoms with Crippen LogP contribution in [0.4, 0.5) is 4.79 Å². The number of hydrogen-bond acceptors (Lipinski definition) is 7. The van der Waals surface area contributed by atoms with Crippen LogP contribution in [-0.4, -0.2) is 63.8 Å². The second-order valence-corrected chi connectivity index (χ2v) is 4.96. The van der Waals surface area contributed by atoms with Crippen LogP contribution in [0, 0.1) is 0 Å². The Kier molecular flexibility index (Phi) is 5.69. The van der Waals surface area contributed by atoms with Crippen molar-refractivity contribution in [2.45, 2.75) is 37.3 Å². The molecule has 1 amide bonds. The van der Waals surface area contributed by atoms with Crippen LogP contribution in [0.1, 0.15) is 5.56 Å². The third-order valence-corrected chi connectivity index (χ3v) is 3.40. The van der Waals surface area contributed by atoms with E-state index in [1.54, 1.807) is 24.3 Å². The largest absolute Gasteiger partial charge is 0.445 e. The molecule has 1 saturated heterocycles. The first-order valence-electron chi connectivity index (χ1n) is 6.80. The van der Waals surface area contributed by atoms with Gasteiger partial charge in [0.2, 0.25) is 0 Å². The fourth-order valence-electron chi connectivity index (χ4n) is 2.15. The second-order valence-electron chi connectivity index (χ2n) is 4.96. The summed E-state index contributed by atoms with van der Waals surface area (Å²) in [5.74, 6) is 0. The molecule has 0 saturated carbocycles. The molecule has 22 heavy (non-hydrogen) atoms. The summed E-state index contributed by atoms with van der Waals surface area (Å²) in [4.78, 5) is 11.7. The highest BCUT2D eigenvalue weighted by Gasteiger charge is 2.44. The van der Waals surface area contributed by atoms with E-state index >= 15 is 0 Å². The number of aliphatic hydroxyl groups is 4. The lowest BCUT2D eigenvalue weighted by Crippen LogP contribution is -2.64. The molecular formula is C14H19NO7. The summed E-state index contributed by atoms with van der Waals surface area (Å²) in [6.07, 6.45) is -6.49. The highest BCUT2D eigenvalue weighted by molar-refractivity contribution is 5.67. The van der Waals surface area contributed by atoms with Crippen LogP contribution >= 0.6 is 0 Å². The van der Waals surface area contributed by atoms with E-state index in [4.69, 9.17) is 14.6 Å².